The van der Waals surface area contributed by atoms with Gasteiger partial charge in [-0.05, 0) is 33.1 Å². The summed E-state index contributed by atoms with van der Waals surface area (Å²) in [4.78, 5) is 28.8. The molecule has 0 aliphatic carbocycles. The van der Waals surface area contributed by atoms with Gasteiger partial charge >= 0.3 is 6.03 Å². The zero-order chi connectivity index (χ0) is 18.3. The highest BCUT2D eigenvalue weighted by atomic mass is 16.5. The van der Waals surface area contributed by atoms with E-state index >= 15 is 0 Å². The largest absolute Gasteiger partial charge is 0.369 e. The molecule has 0 radical (unpaired) electrons. The Balaban J connectivity index is 1.42. The van der Waals surface area contributed by atoms with Crippen LogP contribution in [0.4, 0.5) is 4.79 Å². The van der Waals surface area contributed by atoms with E-state index in [0.717, 1.165) is 43.6 Å². The maximum absolute atomic E-state index is 13.0. The summed E-state index contributed by atoms with van der Waals surface area (Å²) in [5.41, 5.74) is 2.46. The third-order valence-electron chi connectivity index (χ3n) is 5.74. The Morgan fingerprint density at radius 1 is 1.23 bits per heavy atom. The SMILES string of the molecule is C[C@@H]1Cc2c(C(=O)N3CCC(N4CCCNC4=O)CC3)n[nH]c2[C@H](C)O1. The van der Waals surface area contributed by atoms with Gasteiger partial charge in [-0.3, -0.25) is 9.89 Å². The van der Waals surface area contributed by atoms with Crippen LogP contribution in [-0.4, -0.2) is 70.3 Å². The van der Waals surface area contributed by atoms with E-state index in [1.165, 1.54) is 0 Å². The van der Waals surface area contributed by atoms with Crippen LogP contribution < -0.4 is 5.32 Å². The van der Waals surface area contributed by atoms with E-state index < -0.39 is 0 Å². The number of H-pyrrole nitrogens is 1. The minimum absolute atomic E-state index is 0.00894. The predicted molar refractivity (Wildman–Crippen MR) is 94.9 cm³/mol. The summed E-state index contributed by atoms with van der Waals surface area (Å²) in [6.45, 7) is 6.91. The molecule has 2 atom stereocenters. The first-order valence-corrected chi connectivity index (χ1v) is 9.61. The van der Waals surface area contributed by atoms with Crippen molar-refractivity contribution in [1.82, 2.24) is 25.3 Å². The number of carbonyl (C=O) groups excluding carboxylic acids is 2. The van der Waals surface area contributed by atoms with Crippen LogP contribution in [0.2, 0.25) is 0 Å². The van der Waals surface area contributed by atoms with Crippen molar-refractivity contribution in [3.05, 3.63) is 17.0 Å². The lowest BCUT2D eigenvalue weighted by Crippen LogP contribution is -2.54. The van der Waals surface area contributed by atoms with Gasteiger partial charge in [0.1, 0.15) is 0 Å². The molecule has 4 rings (SSSR count). The van der Waals surface area contributed by atoms with E-state index in [1.54, 1.807) is 0 Å². The van der Waals surface area contributed by atoms with Gasteiger partial charge in [0.05, 0.1) is 17.9 Å². The van der Waals surface area contributed by atoms with Crippen LogP contribution in [0.15, 0.2) is 0 Å². The van der Waals surface area contributed by atoms with Gasteiger partial charge in [-0.15, -0.1) is 0 Å². The molecule has 26 heavy (non-hydrogen) atoms. The highest BCUT2D eigenvalue weighted by Crippen LogP contribution is 2.31. The second-order valence-corrected chi connectivity index (χ2v) is 7.56. The van der Waals surface area contributed by atoms with E-state index in [1.807, 2.05) is 23.6 Å². The van der Waals surface area contributed by atoms with Crippen molar-refractivity contribution >= 4 is 11.9 Å². The fourth-order valence-corrected chi connectivity index (χ4v) is 4.38. The van der Waals surface area contributed by atoms with Crippen LogP contribution in [0, 0.1) is 0 Å². The summed E-state index contributed by atoms with van der Waals surface area (Å²) in [6, 6.07) is 0.256. The third kappa shape index (κ3) is 3.06. The Morgan fingerprint density at radius 2 is 2.00 bits per heavy atom. The first-order chi connectivity index (χ1) is 12.5. The van der Waals surface area contributed by atoms with Crippen molar-refractivity contribution in [3.63, 3.8) is 0 Å². The lowest BCUT2D eigenvalue weighted by molar-refractivity contribution is -0.00703. The van der Waals surface area contributed by atoms with E-state index in [-0.39, 0.29) is 30.2 Å². The highest BCUT2D eigenvalue weighted by Gasteiger charge is 2.34. The molecule has 142 valence electrons. The summed E-state index contributed by atoms with van der Waals surface area (Å²) in [6.07, 6.45) is 3.37. The van der Waals surface area contributed by atoms with E-state index in [0.29, 0.717) is 25.2 Å². The molecule has 0 bridgehead atoms. The zero-order valence-electron chi connectivity index (χ0n) is 15.5. The Bertz CT molecular complexity index is 695. The predicted octanol–water partition coefficient (Wildman–Crippen LogP) is 1.45. The van der Waals surface area contributed by atoms with Crippen LogP contribution >= 0.6 is 0 Å². The first-order valence-electron chi connectivity index (χ1n) is 9.61. The van der Waals surface area contributed by atoms with Gasteiger partial charge in [0, 0.05) is 44.2 Å². The van der Waals surface area contributed by atoms with Crippen molar-refractivity contribution in [1.29, 1.82) is 0 Å². The van der Waals surface area contributed by atoms with Gasteiger partial charge in [0.15, 0.2) is 5.69 Å². The summed E-state index contributed by atoms with van der Waals surface area (Å²) < 4.78 is 5.80. The number of carbonyl (C=O) groups is 2. The van der Waals surface area contributed by atoms with Crippen molar-refractivity contribution in [2.45, 2.75) is 57.8 Å². The van der Waals surface area contributed by atoms with Crippen molar-refractivity contribution in [2.75, 3.05) is 26.2 Å². The quantitative estimate of drug-likeness (QED) is 0.834. The number of urea groups is 1. The summed E-state index contributed by atoms with van der Waals surface area (Å²) in [7, 11) is 0. The number of likely N-dealkylation sites (tertiary alicyclic amines) is 1. The molecule has 1 aromatic heterocycles. The molecule has 0 unspecified atom stereocenters. The number of piperidine rings is 1. The Hall–Kier alpha value is -2.09. The second-order valence-electron chi connectivity index (χ2n) is 7.56. The maximum Gasteiger partial charge on any atom is 0.317 e. The van der Waals surface area contributed by atoms with E-state index in [2.05, 4.69) is 15.5 Å². The smallest absolute Gasteiger partial charge is 0.317 e. The molecular formula is C18H27N5O3. The first kappa shape index (κ1) is 17.3. The molecule has 4 heterocycles. The maximum atomic E-state index is 13.0. The summed E-state index contributed by atoms with van der Waals surface area (Å²) >= 11 is 0. The summed E-state index contributed by atoms with van der Waals surface area (Å²) in [5, 5.41) is 10.2. The number of fused-ring (bicyclic) bond motifs is 1. The topological polar surface area (TPSA) is 90.6 Å². The zero-order valence-corrected chi connectivity index (χ0v) is 15.5. The van der Waals surface area contributed by atoms with Crippen LogP contribution in [-0.2, 0) is 11.2 Å². The van der Waals surface area contributed by atoms with Crippen LogP contribution in [0.25, 0.3) is 0 Å². The Labute approximate surface area is 153 Å². The van der Waals surface area contributed by atoms with Gasteiger partial charge < -0.3 is 19.9 Å². The van der Waals surface area contributed by atoms with E-state index in [9.17, 15) is 9.59 Å². The number of amides is 3. The van der Waals surface area contributed by atoms with Gasteiger partial charge in [0.2, 0.25) is 0 Å². The Morgan fingerprint density at radius 3 is 2.73 bits per heavy atom. The molecule has 8 heteroatoms. The molecule has 3 aliphatic heterocycles. The third-order valence-corrected chi connectivity index (χ3v) is 5.74. The average Bonchev–Trinajstić information content (AvgIpc) is 3.06. The lowest BCUT2D eigenvalue weighted by atomic mass is 9.98. The molecular weight excluding hydrogens is 334 g/mol. The standard InChI is InChI=1S/C18H27N5O3/c1-11-10-14-15(12(2)26-11)20-21-16(14)17(24)22-8-4-13(5-9-22)23-7-3-6-19-18(23)25/h11-13H,3-10H2,1-2H3,(H,19,25)(H,20,21)/t11-,12+/m1/s1. The number of ether oxygens (including phenoxy) is 1. The van der Waals surface area contributed by atoms with E-state index in [4.69, 9.17) is 4.74 Å². The molecule has 8 nitrogen and oxygen atoms in total. The number of hydrogen-bond acceptors (Lipinski definition) is 4. The minimum Gasteiger partial charge on any atom is -0.369 e. The molecule has 3 aliphatic rings. The number of aromatic nitrogens is 2. The molecule has 3 amide bonds. The van der Waals surface area contributed by atoms with Crippen LogP contribution in [0.5, 0.6) is 0 Å². The normalized spacial score (nSPS) is 27.2. The molecule has 1 aromatic rings. The van der Waals surface area contributed by atoms with Crippen LogP contribution in [0.3, 0.4) is 0 Å². The van der Waals surface area contributed by atoms with Gasteiger partial charge in [-0.25, -0.2) is 4.79 Å². The number of hydrogen-bond donors (Lipinski definition) is 2. The molecule has 0 saturated carbocycles. The molecule has 2 N–H and O–H groups in total. The molecule has 2 fully saturated rings. The molecule has 0 spiro atoms. The van der Waals surface area contributed by atoms with Gasteiger partial charge in [0.25, 0.3) is 5.91 Å². The van der Waals surface area contributed by atoms with Crippen molar-refractivity contribution in [2.24, 2.45) is 0 Å². The number of nitrogens with one attached hydrogen (secondary N) is 2. The fraction of sp³-hybridized carbons (Fsp3) is 0.722. The van der Waals surface area contributed by atoms with Gasteiger partial charge in [-0.2, -0.15) is 5.10 Å². The summed E-state index contributed by atoms with van der Waals surface area (Å²) in [5.74, 6) is -0.00894. The fourth-order valence-electron chi connectivity index (χ4n) is 4.38. The molecule has 0 aromatic carbocycles. The monoisotopic (exact) mass is 361 g/mol. The number of nitrogens with zero attached hydrogens (tertiary/aromatic N) is 3. The van der Waals surface area contributed by atoms with Gasteiger partial charge in [-0.1, -0.05) is 0 Å². The number of aromatic amines is 1. The van der Waals surface area contributed by atoms with Crippen molar-refractivity contribution in [3.8, 4) is 0 Å². The minimum atomic E-state index is -0.0637. The van der Waals surface area contributed by atoms with Crippen molar-refractivity contribution < 1.29 is 14.3 Å². The van der Waals surface area contributed by atoms with Crippen LogP contribution in [0.1, 0.15) is 61.0 Å². The highest BCUT2D eigenvalue weighted by molar-refractivity contribution is 5.94. The lowest BCUT2D eigenvalue weighted by Gasteiger charge is -2.40. The second kappa shape index (κ2) is 6.90. The molecule has 2 saturated heterocycles. The Kier molecular flexibility index (Phi) is 4.60. The average molecular weight is 361 g/mol. The number of rotatable bonds is 2.